The van der Waals surface area contributed by atoms with E-state index in [1.165, 1.54) is 25.2 Å². The summed E-state index contributed by atoms with van der Waals surface area (Å²) >= 11 is 0. The number of ether oxygens (including phenoxy) is 2. The fourth-order valence-electron chi connectivity index (χ4n) is 1.49. The lowest BCUT2D eigenvalue weighted by atomic mass is 10.2. The van der Waals surface area contributed by atoms with Crippen molar-refractivity contribution in [3.05, 3.63) is 23.6 Å². The number of nitrogens with zero attached hydrogens (tertiary/aromatic N) is 5. The summed E-state index contributed by atoms with van der Waals surface area (Å²) in [7, 11) is 2.45. The molecule has 0 radical (unpaired) electrons. The molecular formula is C10H11N5O5. The highest BCUT2D eigenvalue weighted by atomic mass is 16.5. The van der Waals surface area contributed by atoms with Gasteiger partial charge in [-0.05, 0) is 0 Å². The van der Waals surface area contributed by atoms with E-state index in [2.05, 4.69) is 29.9 Å². The summed E-state index contributed by atoms with van der Waals surface area (Å²) in [5, 5.41) is 10.9. The maximum absolute atomic E-state index is 11.6. The van der Waals surface area contributed by atoms with Gasteiger partial charge in [0, 0.05) is 0 Å². The highest BCUT2D eigenvalue weighted by Crippen LogP contribution is 2.10. The number of rotatable bonds is 5. The molecule has 106 valence electrons. The van der Waals surface area contributed by atoms with Crippen LogP contribution in [-0.2, 0) is 27.2 Å². The Hall–Kier alpha value is -2.78. The minimum Gasteiger partial charge on any atom is -0.469 e. The van der Waals surface area contributed by atoms with Crippen molar-refractivity contribution in [1.82, 2.24) is 25.1 Å². The maximum atomic E-state index is 11.6. The van der Waals surface area contributed by atoms with Crippen LogP contribution in [0, 0.1) is 0 Å². The van der Waals surface area contributed by atoms with Gasteiger partial charge >= 0.3 is 11.9 Å². The lowest BCUT2D eigenvalue weighted by molar-refractivity contribution is -0.139. The molecule has 0 saturated carbocycles. The SMILES string of the molecule is COC(=O)Cc1c(C(=O)OC)nnn1Cc1ncno1. The first kappa shape index (κ1) is 13.6. The van der Waals surface area contributed by atoms with Gasteiger partial charge in [0.2, 0.25) is 5.89 Å². The van der Waals surface area contributed by atoms with Crippen LogP contribution < -0.4 is 0 Å². The first-order chi connectivity index (χ1) is 9.65. The average molecular weight is 281 g/mol. The molecule has 2 rings (SSSR count). The number of hydrogen-bond acceptors (Lipinski definition) is 9. The molecule has 0 aromatic carbocycles. The van der Waals surface area contributed by atoms with Gasteiger partial charge in [0.15, 0.2) is 12.0 Å². The summed E-state index contributed by atoms with van der Waals surface area (Å²) in [4.78, 5) is 26.8. The highest BCUT2D eigenvalue weighted by molar-refractivity contribution is 5.89. The van der Waals surface area contributed by atoms with E-state index in [1.807, 2.05) is 0 Å². The van der Waals surface area contributed by atoms with Crippen LogP contribution in [-0.4, -0.2) is 51.3 Å². The number of aromatic nitrogens is 5. The topological polar surface area (TPSA) is 122 Å². The molecule has 0 atom stereocenters. The van der Waals surface area contributed by atoms with E-state index in [0.29, 0.717) is 0 Å². The normalized spacial score (nSPS) is 10.3. The number of methoxy groups -OCH3 is 2. The van der Waals surface area contributed by atoms with Gasteiger partial charge in [-0.1, -0.05) is 10.4 Å². The van der Waals surface area contributed by atoms with Crippen LogP contribution in [0.1, 0.15) is 22.1 Å². The van der Waals surface area contributed by atoms with Gasteiger partial charge in [-0.15, -0.1) is 5.10 Å². The molecule has 0 aliphatic heterocycles. The van der Waals surface area contributed by atoms with Crippen molar-refractivity contribution < 1.29 is 23.6 Å². The van der Waals surface area contributed by atoms with Gasteiger partial charge in [0.1, 0.15) is 6.54 Å². The average Bonchev–Trinajstić information content (AvgIpc) is 3.09. The zero-order valence-electron chi connectivity index (χ0n) is 10.8. The van der Waals surface area contributed by atoms with Crippen LogP contribution in [0.15, 0.2) is 10.9 Å². The molecule has 10 nitrogen and oxygen atoms in total. The molecule has 0 fully saturated rings. The molecule has 0 unspecified atom stereocenters. The molecule has 10 heteroatoms. The Kier molecular flexibility index (Phi) is 4.03. The van der Waals surface area contributed by atoms with Crippen molar-refractivity contribution in [2.45, 2.75) is 13.0 Å². The van der Waals surface area contributed by atoms with E-state index >= 15 is 0 Å². The van der Waals surface area contributed by atoms with Gasteiger partial charge in [0.25, 0.3) is 0 Å². The predicted octanol–water partition coefficient (Wildman–Crippen LogP) is -0.789. The number of esters is 2. The number of carbonyl (C=O) groups is 2. The van der Waals surface area contributed by atoms with E-state index < -0.39 is 11.9 Å². The molecule has 0 saturated heterocycles. The van der Waals surface area contributed by atoms with Crippen molar-refractivity contribution in [3.8, 4) is 0 Å². The summed E-state index contributed by atoms with van der Waals surface area (Å²) in [6, 6.07) is 0. The zero-order chi connectivity index (χ0) is 14.5. The molecule has 20 heavy (non-hydrogen) atoms. The molecule has 2 aromatic rings. The van der Waals surface area contributed by atoms with E-state index in [4.69, 9.17) is 4.52 Å². The molecule has 0 aliphatic carbocycles. The molecule has 0 N–H and O–H groups in total. The fourth-order valence-corrected chi connectivity index (χ4v) is 1.49. The summed E-state index contributed by atoms with van der Waals surface area (Å²) in [6.45, 7) is 0.0797. The first-order valence-corrected chi connectivity index (χ1v) is 5.48. The molecule has 0 amide bonds. The van der Waals surface area contributed by atoms with Gasteiger partial charge in [-0.3, -0.25) is 4.79 Å². The summed E-state index contributed by atoms with van der Waals surface area (Å²) < 4.78 is 15.3. The second-order valence-electron chi connectivity index (χ2n) is 3.62. The Bertz CT molecular complexity index is 606. The number of hydrogen-bond donors (Lipinski definition) is 0. The van der Waals surface area contributed by atoms with E-state index in [0.717, 1.165) is 0 Å². The van der Waals surface area contributed by atoms with Gasteiger partial charge in [-0.2, -0.15) is 4.98 Å². The second-order valence-corrected chi connectivity index (χ2v) is 3.62. The monoisotopic (exact) mass is 281 g/mol. The smallest absolute Gasteiger partial charge is 0.360 e. The van der Waals surface area contributed by atoms with E-state index in [9.17, 15) is 9.59 Å². The third-order valence-electron chi connectivity index (χ3n) is 2.45. The molecular weight excluding hydrogens is 270 g/mol. The maximum Gasteiger partial charge on any atom is 0.360 e. The minimum absolute atomic E-state index is 0.0579. The summed E-state index contributed by atoms with van der Waals surface area (Å²) in [5.74, 6) is -0.970. The minimum atomic E-state index is -0.694. The predicted molar refractivity (Wildman–Crippen MR) is 60.5 cm³/mol. The lowest BCUT2D eigenvalue weighted by Crippen LogP contribution is -2.15. The Labute approximate surface area is 112 Å². The van der Waals surface area contributed by atoms with Crippen LogP contribution in [0.3, 0.4) is 0 Å². The highest BCUT2D eigenvalue weighted by Gasteiger charge is 2.23. The quantitative estimate of drug-likeness (QED) is 0.648. The van der Waals surface area contributed by atoms with E-state index in [-0.39, 0.29) is 30.2 Å². The third kappa shape index (κ3) is 2.79. The Morgan fingerprint density at radius 1 is 1.35 bits per heavy atom. The molecule has 2 heterocycles. The standard InChI is InChI=1S/C10H11N5O5/c1-18-8(16)3-6-9(10(17)19-2)13-14-15(6)4-7-11-5-12-20-7/h5H,3-4H2,1-2H3. The lowest BCUT2D eigenvalue weighted by Gasteiger charge is -2.04. The Morgan fingerprint density at radius 2 is 2.15 bits per heavy atom. The van der Waals surface area contributed by atoms with E-state index in [1.54, 1.807) is 0 Å². The number of carbonyl (C=O) groups excluding carboxylic acids is 2. The van der Waals surface area contributed by atoms with Crippen molar-refractivity contribution in [2.24, 2.45) is 0 Å². The fraction of sp³-hybridized carbons (Fsp3) is 0.400. The van der Waals surface area contributed by atoms with Crippen molar-refractivity contribution in [2.75, 3.05) is 14.2 Å². The van der Waals surface area contributed by atoms with Crippen LogP contribution in [0.4, 0.5) is 0 Å². The summed E-state index contributed by atoms with van der Waals surface area (Å²) in [6.07, 6.45) is 1.05. The van der Waals surface area contributed by atoms with Crippen molar-refractivity contribution in [3.63, 3.8) is 0 Å². The first-order valence-electron chi connectivity index (χ1n) is 5.48. The van der Waals surface area contributed by atoms with Gasteiger partial charge < -0.3 is 14.0 Å². The molecule has 0 aliphatic rings. The Morgan fingerprint density at radius 3 is 2.75 bits per heavy atom. The largest absolute Gasteiger partial charge is 0.469 e. The third-order valence-corrected chi connectivity index (χ3v) is 2.45. The van der Waals surface area contributed by atoms with Crippen molar-refractivity contribution in [1.29, 1.82) is 0 Å². The van der Waals surface area contributed by atoms with Gasteiger partial charge in [-0.25, -0.2) is 9.48 Å². The van der Waals surface area contributed by atoms with Gasteiger partial charge in [0.05, 0.1) is 26.3 Å². The molecule has 0 spiro atoms. The van der Waals surface area contributed by atoms with Crippen molar-refractivity contribution >= 4 is 11.9 Å². The zero-order valence-corrected chi connectivity index (χ0v) is 10.8. The summed E-state index contributed by atoms with van der Waals surface area (Å²) in [5.41, 5.74) is 0.194. The Balaban J connectivity index is 2.33. The molecule has 2 aromatic heterocycles. The van der Waals surface area contributed by atoms with Crippen LogP contribution >= 0.6 is 0 Å². The van der Waals surface area contributed by atoms with Crippen LogP contribution in [0.25, 0.3) is 0 Å². The second kappa shape index (κ2) is 5.91. The van der Waals surface area contributed by atoms with Crippen LogP contribution in [0.5, 0.6) is 0 Å². The van der Waals surface area contributed by atoms with Crippen LogP contribution in [0.2, 0.25) is 0 Å². The molecule has 0 bridgehead atoms.